The van der Waals surface area contributed by atoms with Crippen molar-refractivity contribution < 1.29 is 8.83 Å². The highest BCUT2D eigenvalue weighted by atomic mass is 16.4. The fourth-order valence-electron chi connectivity index (χ4n) is 5.13. The van der Waals surface area contributed by atoms with Gasteiger partial charge in [-0.3, -0.25) is 0 Å². The molecule has 0 spiro atoms. The van der Waals surface area contributed by atoms with Gasteiger partial charge in [0, 0.05) is 11.1 Å². The number of oxazole rings is 2. The summed E-state index contributed by atoms with van der Waals surface area (Å²) < 4.78 is 12.5. The van der Waals surface area contributed by atoms with Crippen LogP contribution in [0.5, 0.6) is 0 Å². The summed E-state index contributed by atoms with van der Waals surface area (Å²) in [6, 6.07) is 37.1. The van der Waals surface area contributed by atoms with Gasteiger partial charge >= 0.3 is 0 Å². The van der Waals surface area contributed by atoms with E-state index in [2.05, 4.69) is 60.7 Å². The van der Waals surface area contributed by atoms with Crippen molar-refractivity contribution in [2.75, 3.05) is 0 Å². The molecule has 168 valence electrons. The zero-order valence-electron chi connectivity index (χ0n) is 19.1. The van der Waals surface area contributed by atoms with Gasteiger partial charge < -0.3 is 8.83 Å². The molecule has 0 fully saturated rings. The molecule has 6 aromatic carbocycles. The maximum absolute atomic E-state index is 6.26. The zero-order valence-corrected chi connectivity index (χ0v) is 19.1. The summed E-state index contributed by atoms with van der Waals surface area (Å²) >= 11 is 0. The summed E-state index contributed by atoms with van der Waals surface area (Å²) in [5.41, 5.74) is 5.14. The van der Waals surface area contributed by atoms with E-state index >= 15 is 0 Å². The first-order valence-corrected chi connectivity index (χ1v) is 11.9. The Hall–Kier alpha value is -4.96. The van der Waals surface area contributed by atoms with Crippen molar-refractivity contribution >= 4 is 54.5 Å². The van der Waals surface area contributed by atoms with Crippen molar-refractivity contribution in [2.45, 2.75) is 0 Å². The molecule has 0 saturated carbocycles. The van der Waals surface area contributed by atoms with Gasteiger partial charge in [0.05, 0.1) is 0 Å². The van der Waals surface area contributed by atoms with Crippen LogP contribution in [0.3, 0.4) is 0 Å². The maximum Gasteiger partial charge on any atom is 0.227 e. The molecule has 0 saturated heterocycles. The summed E-state index contributed by atoms with van der Waals surface area (Å²) in [6.45, 7) is 0. The van der Waals surface area contributed by atoms with Crippen LogP contribution in [0.1, 0.15) is 0 Å². The predicted molar refractivity (Wildman–Crippen MR) is 145 cm³/mol. The summed E-state index contributed by atoms with van der Waals surface area (Å²) in [5.74, 6) is 1.21. The minimum Gasteiger partial charge on any atom is -0.436 e. The van der Waals surface area contributed by atoms with Crippen molar-refractivity contribution in [3.8, 4) is 22.9 Å². The second kappa shape index (κ2) is 7.27. The quantitative estimate of drug-likeness (QED) is 0.258. The number of hydrogen-bond donors (Lipinski definition) is 0. The largest absolute Gasteiger partial charge is 0.436 e. The molecule has 2 heterocycles. The van der Waals surface area contributed by atoms with Gasteiger partial charge in [-0.15, -0.1) is 0 Å². The molecule has 0 aliphatic carbocycles. The van der Waals surface area contributed by atoms with E-state index in [-0.39, 0.29) is 0 Å². The molecule has 8 rings (SSSR count). The first-order chi connectivity index (χ1) is 17.8. The Labute approximate surface area is 205 Å². The first-order valence-electron chi connectivity index (χ1n) is 11.9. The second-order valence-corrected chi connectivity index (χ2v) is 9.08. The molecule has 0 aliphatic rings. The molecule has 0 radical (unpaired) electrons. The standard InChI is InChI=1S/C32H18N2O2/c1-3-9-21-17-29-27(15-19(21)7-1)33-31(35-29)25-13-14-26(24-12-6-5-11-23(24)25)32-34-28-16-20-8-2-4-10-22(20)18-30(28)36-32/h1-18H. The van der Waals surface area contributed by atoms with Gasteiger partial charge in [0.2, 0.25) is 11.8 Å². The zero-order chi connectivity index (χ0) is 23.6. The minimum absolute atomic E-state index is 0.604. The summed E-state index contributed by atoms with van der Waals surface area (Å²) in [7, 11) is 0. The number of benzene rings is 6. The van der Waals surface area contributed by atoms with Gasteiger partial charge in [-0.2, -0.15) is 0 Å². The molecule has 2 aromatic heterocycles. The molecule has 0 amide bonds. The van der Waals surface area contributed by atoms with Crippen molar-refractivity contribution in [3.05, 3.63) is 109 Å². The van der Waals surface area contributed by atoms with Crippen LogP contribution in [0.15, 0.2) is 118 Å². The van der Waals surface area contributed by atoms with E-state index < -0.39 is 0 Å². The van der Waals surface area contributed by atoms with Gasteiger partial charge in [-0.25, -0.2) is 9.97 Å². The summed E-state index contributed by atoms with van der Waals surface area (Å²) in [5, 5.41) is 6.65. The van der Waals surface area contributed by atoms with Crippen LogP contribution in [0, 0.1) is 0 Å². The van der Waals surface area contributed by atoms with Gasteiger partial charge in [-0.05, 0) is 68.7 Å². The van der Waals surface area contributed by atoms with Gasteiger partial charge in [-0.1, -0.05) is 72.8 Å². The highest BCUT2D eigenvalue weighted by Gasteiger charge is 2.17. The van der Waals surface area contributed by atoms with Crippen LogP contribution >= 0.6 is 0 Å². The molecule has 0 bridgehead atoms. The minimum atomic E-state index is 0.604. The van der Waals surface area contributed by atoms with E-state index in [0.717, 1.165) is 65.6 Å². The Kier molecular flexibility index (Phi) is 3.91. The summed E-state index contributed by atoms with van der Waals surface area (Å²) in [4.78, 5) is 9.69. The van der Waals surface area contributed by atoms with Gasteiger partial charge in [0.15, 0.2) is 11.2 Å². The van der Waals surface area contributed by atoms with Crippen LogP contribution < -0.4 is 0 Å². The van der Waals surface area contributed by atoms with Crippen molar-refractivity contribution in [1.29, 1.82) is 0 Å². The number of fused-ring (bicyclic) bond motifs is 5. The smallest absolute Gasteiger partial charge is 0.227 e. The Bertz CT molecular complexity index is 1860. The predicted octanol–water partition coefficient (Wildman–Crippen LogP) is 8.76. The second-order valence-electron chi connectivity index (χ2n) is 9.08. The monoisotopic (exact) mass is 462 g/mol. The van der Waals surface area contributed by atoms with Crippen LogP contribution in [0.4, 0.5) is 0 Å². The molecule has 4 heteroatoms. The van der Waals surface area contributed by atoms with Crippen molar-refractivity contribution in [2.24, 2.45) is 0 Å². The van der Waals surface area contributed by atoms with Crippen LogP contribution in [0.25, 0.3) is 77.4 Å². The lowest BCUT2D eigenvalue weighted by atomic mass is 9.99. The fourth-order valence-corrected chi connectivity index (χ4v) is 5.13. The van der Waals surface area contributed by atoms with Crippen molar-refractivity contribution in [1.82, 2.24) is 9.97 Å². The molecule has 0 atom stereocenters. The molecular formula is C32H18N2O2. The van der Waals surface area contributed by atoms with E-state index in [1.54, 1.807) is 0 Å². The first kappa shape index (κ1) is 19.4. The number of aromatic nitrogens is 2. The molecule has 0 N–H and O–H groups in total. The van der Waals surface area contributed by atoms with E-state index in [4.69, 9.17) is 18.8 Å². The molecule has 0 unspecified atom stereocenters. The van der Waals surface area contributed by atoms with Crippen LogP contribution in [0.2, 0.25) is 0 Å². The Morgan fingerprint density at radius 2 is 0.806 bits per heavy atom. The lowest BCUT2D eigenvalue weighted by Crippen LogP contribution is -1.86. The third-order valence-corrected chi connectivity index (χ3v) is 6.90. The average molecular weight is 463 g/mol. The van der Waals surface area contributed by atoms with Gasteiger partial charge in [0.1, 0.15) is 11.0 Å². The van der Waals surface area contributed by atoms with E-state index in [1.165, 1.54) is 0 Å². The highest BCUT2D eigenvalue weighted by Crippen LogP contribution is 2.38. The Balaban J connectivity index is 1.32. The molecule has 8 aromatic rings. The van der Waals surface area contributed by atoms with E-state index in [9.17, 15) is 0 Å². The number of hydrogen-bond acceptors (Lipinski definition) is 4. The van der Waals surface area contributed by atoms with Crippen molar-refractivity contribution in [3.63, 3.8) is 0 Å². The molecular weight excluding hydrogens is 444 g/mol. The third-order valence-electron chi connectivity index (χ3n) is 6.90. The Morgan fingerprint density at radius 1 is 0.417 bits per heavy atom. The maximum atomic E-state index is 6.26. The number of nitrogens with zero attached hydrogens (tertiary/aromatic N) is 2. The summed E-state index contributed by atoms with van der Waals surface area (Å²) in [6.07, 6.45) is 0. The average Bonchev–Trinajstić information content (AvgIpc) is 3.52. The fraction of sp³-hybridized carbons (Fsp3) is 0. The Morgan fingerprint density at radius 3 is 1.25 bits per heavy atom. The topological polar surface area (TPSA) is 52.1 Å². The molecule has 4 nitrogen and oxygen atoms in total. The van der Waals surface area contributed by atoms with Gasteiger partial charge in [0.25, 0.3) is 0 Å². The molecule has 0 aliphatic heterocycles. The highest BCUT2D eigenvalue weighted by molar-refractivity contribution is 6.04. The van der Waals surface area contributed by atoms with Crippen LogP contribution in [-0.2, 0) is 0 Å². The third kappa shape index (κ3) is 2.88. The van der Waals surface area contributed by atoms with E-state index in [1.807, 2.05) is 48.5 Å². The number of rotatable bonds is 2. The molecule has 36 heavy (non-hydrogen) atoms. The lowest BCUT2D eigenvalue weighted by molar-refractivity contribution is 0.619. The van der Waals surface area contributed by atoms with E-state index in [0.29, 0.717) is 11.8 Å². The SMILES string of the molecule is c1ccc2cc3oc(-c4ccc(-c5nc6cc7ccccc7cc6o5)c5ccccc45)nc3cc2c1. The van der Waals surface area contributed by atoms with Crippen LogP contribution in [-0.4, -0.2) is 9.97 Å². The lowest BCUT2D eigenvalue weighted by Gasteiger charge is -2.07. The normalized spacial score (nSPS) is 11.9.